The van der Waals surface area contributed by atoms with Crippen molar-refractivity contribution in [3.63, 3.8) is 0 Å². The van der Waals surface area contributed by atoms with E-state index >= 15 is 0 Å². The highest BCUT2D eigenvalue weighted by Gasteiger charge is 2.21. The van der Waals surface area contributed by atoms with Gasteiger partial charge in [-0.15, -0.1) is 0 Å². The van der Waals surface area contributed by atoms with Gasteiger partial charge in [0.05, 0.1) is 6.54 Å². The molecule has 2 rings (SSSR count). The van der Waals surface area contributed by atoms with Crippen molar-refractivity contribution < 1.29 is 9.59 Å². The zero-order valence-electron chi connectivity index (χ0n) is 10.9. The maximum Gasteiger partial charge on any atom is 0.254 e. The second kappa shape index (κ2) is 5.69. The normalized spacial score (nSPS) is 14.5. The van der Waals surface area contributed by atoms with Crippen LogP contribution in [0.25, 0.3) is 0 Å². The van der Waals surface area contributed by atoms with E-state index in [1.165, 1.54) is 23.2 Å². The lowest BCUT2D eigenvalue weighted by molar-refractivity contribution is -0.130. The number of rotatable bonds is 3. The number of carbonyl (C=O) groups is 2. The third-order valence-corrected chi connectivity index (χ3v) is 3.20. The van der Waals surface area contributed by atoms with Gasteiger partial charge in [0.15, 0.2) is 0 Å². The molecule has 1 N–H and O–H groups in total. The van der Waals surface area contributed by atoms with Crippen molar-refractivity contribution in [3.8, 4) is 0 Å². The molecule has 1 saturated heterocycles. The Kier molecular flexibility index (Phi) is 3.99. The van der Waals surface area contributed by atoms with E-state index in [1.807, 2.05) is 0 Å². The van der Waals surface area contributed by atoms with Gasteiger partial charge in [0.2, 0.25) is 11.5 Å². The van der Waals surface area contributed by atoms with Gasteiger partial charge in [0, 0.05) is 38.0 Å². The molecule has 1 aliphatic rings. The molecule has 1 aliphatic heterocycles. The van der Waals surface area contributed by atoms with Crippen molar-refractivity contribution in [2.75, 3.05) is 26.7 Å². The van der Waals surface area contributed by atoms with Gasteiger partial charge in [-0.05, 0) is 18.9 Å². The van der Waals surface area contributed by atoms with Crippen LogP contribution in [0, 0.1) is 0 Å². The zero-order valence-corrected chi connectivity index (χ0v) is 10.9. The minimum Gasteiger partial charge on any atom is -0.341 e. The molecular formula is C13H17N3O3. The monoisotopic (exact) mass is 263 g/mol. The van der Waals surface area contributed by atoms with Crippen LogP contribution >= 0.6 is 0 Å². The molecule has 0 saturated carbocycles. The summed E-state index contributed by atoms with van der Waals surface area (Å²) in [5.41, 5.74) is -0.0365. The summed E-state index contributed by atoms with van der Waals surface area (Å²) >= 11 is 0. The van der Waals surface area contributed by atoms with Gasteiger partial charge in [0.25, 0.3) is 5.91 Å². The van der Waals surface area contributed by atoms with E-state index in [-0.39, 0.29) is 23.9 Å². The van der Waals surface area contributed by atoms with Crippen molar-refractivity contribution in [3.05, 3.63) is 34.2 Å². The molecule has 6 heteroatoms. The Hall–Kier alpha value is -2.11. The highest BCUT2D eigenvalue weighted by atomic mass is 16.2. The Balaban J connectivity index is 1.99. The van der Waals surface area contributed by atoms with Crippen LogP contribution in [0.2, 0.25) is 0 Å². The Morgan fingerprint density at radius 3 is 2.68 bits per heavy atom. The van der Waals surface area contributed by atoms with Gasteiger partial charge in [-0.1, -0.05) is 0 Å². The van der Waals surface area contributed by atoms with Gasteiger partial charge in [-0.25, -0.2) is 0 Å². The van der Waals surface area contributed by atoms with Crippen LogP contribution in [-0.4, -0.2) is 53.3 Å². The Morgan fingerprint density at radius 2 is 2.05 bits per heavy atom. The predicted octanol–water partition coefficient (Wildman–Crippen LogP) is 0.0693. The van der Waals surface area contributed by atoms with E-state index in [9.17, 15) is 14.4 Å². The number of hydrogen-bond donors (Lipinski definition) is 1. The molecule has 0 aromatic carbocycles. The number of likely N-dealkylation sites (N-methyl/N-ethyl adjacent to an activating group) is 1. The fourth-order valence-electron chi connectivity index (χ4n) is 2.14. The van der Waals surface area contributed by atoms with E-state index < -0.39 is 0 Å². The van der Waals surface area contributed by atoms with Crippen molar-refractivity contribution in [1.82, 2.24) is 14.8 Å². The van der Waals surface area contributed by atoms with Crippen molar-refractivity contribution in [2.45, 2.75) is 12.8 Å². The van der Waals surface area contributed by atoms with Gasteiger partial charge >= 0.3 is 0 Å². The summed E-state index contributed by atoms with van der Waals surface area (Å²) in [4.78, 5) is 40.7. The standard InChI is InChI=1S/C13H17N3O3/c1-15(9-12(18)16-6-2-3-7-16)13(19)10-4-5-14-11(17)8-10/h4-5,8H,2-3,6-7,9H2,1H3,(H,14,17). The number of hydrogen-bond acceptors (Lipinski definition) is 3. The van der Waals surface area contributed by atoms with E-state index in [1.54, 1.807) is 11.9 Å². The first-order valence-corrected chi connectivity index (χ1v) is 6.30. The molecule has 0 aliphatic carbocycles. The minimum atomic E-state index is -0.329. The number of amides is 2. The molecule has 0 unspecified atom stereocenters. The van der Waals surface area contributed by atoms with E-state index in [0.717, 1.165) is 25.9 Å². The highest BCUT2D eigenvalue weighted by Crippen LogP contribution is 2.08. The molecule has 1 aromatic heterocycles. The Bertz CT molecular complexity index is 532. The lowest BCUT2D eigenvalue weighted by Gasteiger charge is -2.21. The second-order valence-corrected chi connectivity index (χ2v) is 4.69. The molecule has 0 bridgehead atoms. The second-order valence-electron chi connectivity index (χ2n) is 4.69. The largest absolute Gasteiger partial charge is 0.341 e. The lowest BCUT2D eigenvalue weighted by Crippen LogP contribution is -2.40. The minimum absolute atomic E-state index is 0.0433. The van der Waals surface area contributed by atoms with Crippen LogP contribution in [0.5, 0.6) is 0 Å². The summed E-state index contributed by atoms with van der Waals surface area (Å²) in [5.74, 6) is -0.364. The topological polar surface area (TPSA) is 73.5 Å². The van der Waals surface area contributed by atoms with E-state index in [4.69, 9.17) is 0 Å². The summed E-state index contributed by atoms with van der Waals surface area (Å²) in [6, 6.07) is 2.76. The number of nitrogens with one attached hydrogen (secondary N) is 1. The van der Waals surface area contributed by atoms with Crippen LogP contribution in [-0.2, 0) is 4.79 Å². The molecule has 2 amide bonds. The van der Waals surface area contributed by atoms with E-state index in [0.29, 0.717) is 5.56 Å². The van der Waals surface area contributed by atoms with Crippen LogP contribution in [0.3, 0.4) is 0 Å². The van der Waals surface area contributed by atoms with Crippen LogP contribution in [0.15, 0.2) is 23.1 Å². The molecule has 0 radical (unpaired) electrons. The summed E-state index contributed by atoms with van der Waals surface area (Å²) in [7, 11) is 1.57. The first-order chi connectivity index (χ1) is 9.08. The maximum absolute atomic E-state index is 12.0. The molecule has 0 atom stereocenters. The molecule has 6 nitrogen and oxygen atoms in total. The third-order valence-electron chi connectivity index (χ3n) is 3.20. The third kappa shape index (κ3) is 3.21. The van der Waals surface area contributed by atoms with E-state index in [2.05, 4.69) is 4.98 Å². The maximum atomic E-state index is 12.0. The molecule has 102 valence electrons. The Labute approximate surface area is 111 Å². The van der Waals surface area contributed by atoms with Crippen LogP contribution in [0.1, 0.15) is 23.2 Å². The summed E-state index contributed by atoms with van der Waals surface area (Å²) in [5, 5.41) is 0. The average molecular weight is 263 g/mol. The van der Waals surface area contributed by atoms with Gasteiger partial charge in [-0.2, -0.15) is 0 Å². The number of nitrogens with zero attached hydrogens (tertiary/aromatic N) is 2. The number of H-pyrrole nitrogens is 1. The number of aromatic nitrogens is 1. The fraction of sp³-hybridized carbons (Fsp3) is 0.462. The molecule has 1 aromatic rings. The quantitative estimate of drug-likeness (QED) is 0.838. The average Bonchev–Trinajstić information content (AvgIpc) is 2.91. The van der Waals surface area contributed by atoms with Crippen LogP contribution in [0.4, 0.5) is 0 Å². The van der Waals surface area contributed by atoms with Gasteiger partial charge in [-0.3, -0.25) is 14.4 Å². The number of aromatic amines is 1. The van der Waals surface area contributed by atoms with Crippen molar-refractivity contribution in [1.29, 1.82) is 0 Å². The Morgan fingerprint density at radius 1 is 1.37 bits per heavy atom. The molecule has 2 heterocycles. The highest BCUT2D eigenvalue weighted by molar-refractivity contribution is 5.96. The van der Waals surface area contributed by atoms with Gasteiger partial charge in [0.1, 0.15) is 0 Å². The fourth-order valence-corrected chi connectivity index (χ4v) is 2.14. The number of likely N-dealkylation sites (tertiary alicyclic amines) is 1. The predicted molar refractivity (Wildman–Crippen MR) is 69.8 cm³/mol. The zero-order chi connectivity index (χ0) is 13.8. The molecule has 1 fully saturated rings. The first kappa shape index (κ1) is 13.3. The summed E-state index contributed by atoms with van der Waals surface area (Å²) in [6.07, 6.45) is 3.47. The van der Waals surface area contributed by atoms with Gasteiger partial charge < -0.3 is 14.8 Å². The van der Waals surface area contributed by atoms with Crippen molar-refractivity contribution in [2.24, 2.45) is 0 Å². The summed E-state index contributed by atoms with van der Waals surface area (Å²) in [6.45, 7) is 1.59. The first-order valence-electron chi connectivity index (χ1n) is 6.30. The van der Waals surface area contributed by atoms with Crippen LogP contribution < -0.4 is 5.56 Å². The van der Waals surface area contributed by atoms with Crippen molar-refractivity contribution >= 4 is 11.8 Å². The lowest BCUT2D eigenvalue weighted by atomic mass is 10.2. The summed E-state index contributed by atoms with van der Waals surface area (Å²) < 4.78 is 0. The molecular weight excluding hydrogens is 246 g/mol. The number of pyridine rings is 1. The molecule has 19 heavy (non-hydrogen) atoms. The SMILES string of the molecule is CN(CC(=O)N1CCCC1)C(=O)c1cc[nH]c(=O)c1. The molecule has 0 spiro atoms. The number of carbonyl (C=O) groups excluding carboxylic acids is 2. The smallest absolute Gasteiger partial charge is 0.254 e.